The summed E-state index contributed by atoms with van der Waals surface area (Å²) in [6.07, 6.45) is 10.8. The van der Waals surface area contributed by atoms with Crippen LogP contribution in [-0.2, 0) is 0 Å². The first-order chi connectivity index (χ1) is 13.2. The van der Waals surface area contributed by atoms with Gasteiger partial charge in [-0.3, -0.25) is 5.01 Å². The van der Waals surface area contributed by atoms with Crippen molar-refractivity contribution in [1.82, 2.24) is 14.9 Å². The molecule has 1 saturated heterocycles. The zero-order valence-corrected chi connectivity index (χ0v) is 16.2. The Hall–Kier alpha value is -2.10. The van der Waals surface area contributed by atoms with Crippen LogP contribution in [0, 0.1) is 29.1 Å². The van der Waals surface area contributed by atoms with Crippen LogP contribution in [0.3, 0.4) is 0 Å². The molecule has 1 aromatic rings. The van der Waals surface area contributed by atoms with Gasteiger partial charge in [-0.2, -0.15) is 5.26 Å². The van der Waals surface area contributed by atoms with Crippen LogP contribution in [0.25, 0.3) is 5.70 Å². The number of likely N-dealkylation sites (tertiary alicyclic amines) is 1. The maximum atomic E-state index is 9.06. The lowest BCUT2D eigenvalue weighted by molar-refractivity contribution is 0.152. The van der Waals surface area contributed by atoms with E-state index in [0.717, 1.165) is 48.9 Å². The third-order valence-electron chi connectivity index (χ3n) is 6.67. The first-order valence-electron chi connectivity index (χ1n) is 10.2. The van der Waals surface area contributed by atoms with Crippen LogP contribution < -0.4 is 5.84 Å². The summed E-state index contributed by atoms with van der Waals surface area (Å²) < 4.78 is 0. The highest BCUT2D eigenvalue weighted by Gasteiger charge is 2.29. The van der Waals surface area contributed by atoms with Gasteiger partial charge in [0.1, 0.15) is 12.2 Å². The van der Waals surface area contributed by atoms with Gasteiger partial charge in [0.05, 0.1) is 11.8 Å². The molecular formula is C21H30N6. The molecule has 2 fully saturated rings. The van der Waals surface area contributed by atoms with Crippen molar-refractivity contribution in [2.45, 2.75) is 45.4 Å². The average Bonchev–Trinajstić information content (AvgIpc) is 3.17. The van der Waals surface area contributed by atoms with Gasteiger partial charge < -0.3 is 9.88 Å². The van der Waals surface area contributed by atoms with Crippen LogP contribution in [0.1, 0.15) is 51.0 Å². The quantitative estimate of drug-likeness (QED) is 0.800. The molecule has 3 aliphatic rings. The van der Waals surface area contributed by atoms with Crippen molar-refractivity contribution < 1.29 is 0 Å². The fourth-order valence-corrected chi connectivity index (χ4v) is 4.97. The van der Waals surface area contributed by atoms with Crippen molar-refractivity contribution in [2.75, 3.05) is 19.6 Å². The van der Waals surface area contributed by atoms with E-state index in [2.05, 4.69) is 33.9 Å². The van der Waals surface area contributed by atoms with Crippen LogP contribution >= 0.6 is 0 Å². The van der Waals surface area contributed by atoms with E-state index < -0.39 is 0 Å². The van der Waals surface area contributed by atoms with Crippen LogP contribution in [0.15, 0.2) is 22.8 Å². The second-order valence-electron chi connectivity index (χ2n) is 8.35. The highest BCUT2D eigenvalue weighted by atomic mass is 15.4. The average molecular weight is 367 g/mol. The number of rotatable bonds is 3. The fourth-order valence-electron chi connectivity index (χ4n) is 4.97. The minimum absolute atomic E-state index is 0.280. The molecule has 0 atom stereocenters. The largest absolute Gasteiger partial charge is 0.346 e. The molecule has 4 rings (SSSR count). The zero-order valence-electron chi connectivity index (χ0n) is 16.2. The molecule has 2 aliphatic heterocycles. The van der Waals surface area contributed by atoms with E-state index in [1.165, 1.54) is 37.8 Å². The van der Waals surface area contributed by atoms with E-state index in [1.54, 1.807) is 11.3 Å². The summed E-state index contributed by atoms with van der Waals surface area (Å²) >= 11 is 0. The SMILES string of the molecule is C/C(=C1/c2cc[nH]c2N=CN1N)C1CCC(CN2CCC(C#N)CC2)CC1. The molecule has 0 radical (unpaired) electrons. The van der Waals surface area contributed by atoms with Crippen molar-refractivity contribution in [3.05, 3.63) is 23.4 Å². The van der Waals surface area contributed by atoms with E-state index in [9.17, 15) is 0 Å². The fraction of sp³-hybridized carbons (Fsp3) is 0.619. The molecule has 27 heavy (non-hydrogen) atoms. The number of nitrogens with zero attached hydrogens (tertiary/aromatic N) is 4. The summed E-state index contributed by atoms with van der Waals surface area (Å²) in [5.74, 6) is 8.79. The van der Waals surface area contributed by atoms with Gasteiger partial charge in [0, 0.05) is 24.2 Å². The molecular weight excluding hydrogens is 336 g/mol. The molecule has 0 aromatic carbocycles. The van der Waals surface area contributed by atoms with Gasteiger partial charge in [-0.15, -0.1) is 0 Å². The standard InChI is InChI=1S/C21H30N6/c1-15(20-19-6-9-24-21(19)25-14-27(20)23)18-4-2-17(3-5-18)13-26-10-7-16(12-22)8-11-26/h6,9,14,16-18,24H,2-5,7-8,10-11,13,23H2,1H3/b20-15+. The van der Waals surface area contributed by atoms with Crippen LogP contribution in [0.5, 0.6) is 0 Å². The number of nitriles is 1. The predicted molar refractivity (Wildman–Crippen MR) is 108 cm³/mol. The molecule has 0 bridgehead atoms. The molecule has 3 heterocycles. The maximum Gasteiger partial charge on any atom is 0.141 e. The summed E-state index contributed by atoms with van der Waals surface area (Å²) in [6, 6.07) is 4.50. The number of nitrogens with one attached hydrogen (secondary N) is 1. The lowest BCUT2D eigenvalue weighted by Crippen LogP contribution is -2.38. The van der Waals surface area contributed by atoms with E-state index >= 15 is 0 Å². The second kappa shape index (κ2) is 7.87. The van der Waals surface area contributed by atoms with Crippen molar-refractivity contribution in [1.29, 1.82) is 5.26 Å². The van der Waals surface area contributed by atoms with Crippen LogP contribution in [0.4, 0.5) is 5.82 Å². The lowest BCUT2D eigenvalue weighted by Gasteiger charge is -2.36. The first kappa shape index (κ1) is 18.3. The number of aliphatic imine (C=N–C) groups is 1. The lowest BCUT2D eigenvalue weighted by atomic mass is 9.77. The summed E-state index contributed by atoms with van der Waals surface area (Å²) in [4.78, 5) is 10.1. The van der Waals surface area contributed by atoms with Gasteiger partial charge in [0.25, 0.3) is 0 Å². The highest BCUT2D eigenvalue weighted by Crippen LogP contribution is 2.40. The minimum Gasteiger partial charge on any atom is -0.346 e. The summed E-state index contributed by atoms with van der Waals surface area (Å²) in [6.45, 7) is 5.64. The van der Waals surface area contributed by atoms with E-state index in [-0.39, 0.29) is 5.92 Å². The van der Waals surface area contributed by atoms with E-state index in [1.807, 2.05) is 6.20 Å². The Balaban J connectivity index is 1.36. The Morgan fingerprint density at radius 2 is 2.00 bits per heavy atom. The maximum absolute atomic E-state index is 9.06. The van der Waals surface area contributed by atoms with Crippen LogP contribution in [-0.4, -0.2) is 40.9 Å². The number of allylic oxidation sites excluding steroid dienone is 1. The number of H-pyrrole nitrogens is 1. The molecule has 1 aromatic heterocycles. The molecule has 6 nitrogen and oxygen atoms in total. The van der Waals surface area contributed by atoms with Gasteiger partial charge >= 0.3 is 0 Å². The van der Waals surface area contributed by atoms with E-state index in [4.69, 9.17) is 11.1 Å². The van der Waals surface area contributed by atoms with Crippen molar-refractivity contribution >= 4 is 17.9 Å². The third kappa shape index (κ3) is 3.80. The molecule has 3 N–H and O–H groups in total. The predicted octanol–water partition coefficient (Wildman–Crippen LogP) is 3.64. The van der Waals surface area contributed by atoms with Gasteiger partial charge in [0.2, 0.25) is 0 Å². The number of hydrazine groups is 1. The molecule has 6 heteroatoms. The Morgan fingerprint density at radius 1 is 1.26 bits per heavy atom. The molecule has 0 amide bonds. The monoisotopic (exact) mass is 366 g/mol. The van der Waals surface area contributed by atoms with Gasteiger partial charge in [-0.1, -0.05) is 0 Å². The second-order valence-corrected chi connectivity index (χ2v) is 8.35. The smallest absolute Gasteiger partial charge is 0.141 e. The van der Waals surface area contributed by atoms with Crippen molar-refractivity contribution in [3.63, 3.8) is 0 Å². The van der Waals surface area contributed by atoms with Gasteiger partial charge in [-0.25, -0.2) is 10.8 Å². The number of aromatic nitrogens is 1. The number of aromatic amines is 1. The summed E-state index contributed by atoms with van der Waals surface area (Å²) in [5.41, 5.74) is 3.61. The summed E-state index contributed by atoms with van der Waals surface area (Å²) in [5, 5.41) is 10.7. The number of piperidine rings is 1. The Morgan fingerprint density at radius 3 is 2.70 bits per heavy atom. The Kier molecular flexibility index (Phi) is 5.33. The molecule has 1 aliphatic carbocycles. The highest BCUT2D eigenvalue weighted by molar-refractivity contribution is 5.86. The number of fused-ring (bicyclic) bond motifs is 1. The minimum atomic E-state index is 0.280. The normalized spacial score (nSPS) is 28.7. The van der Waals surface area contributed by atoms with Crippen molar-refractivity contribution in [3.8, 4) is 6.07 Å². The molecule has 0 unspecified atom stereocenters. The zero-order chi connectivity index (χ0) is 18.8. The van der Waals surface area contributed by atoms with Gasteiger partial charge in [-0.05, 0) is 82.0 Å². The Bertz CT molecular complexity index is 754. The molecule has 1 saturated carbocycles. The summed E-state index contributed by atoms with van der Waals surface area (Å²) in [7, 11) is 0. The van der Waals surface area contributed by atoms with Crippen molar-refractivity contribution in [2.24, 2.45) is 28.6 Å². The number of nitrogens with two attached hydrogens (primary N) is 1. The van der Waals surface area contributed by atoms with Gasteiger partial charge in [0.15, 0.2) is 0 Å². The van der Waals surface area contributed by atoms with Crippen LogP contribution in [0.2, 0.25) is 0 Å². The number of hydrogen-bond donors (Lipinski definition) is 2. The van der Waals surface area contributed by atoms with E-state index in [0.29, 0.717) is 5.92 Å². The third-order valence-corrected chi connectivity index (χ3v) is 6.67. The Labute approximate surface area is 161 Å². The first-order valence-corrected chi connectivity index (χ1v) is 10.2. The molecule has 0 spiro atoms. The topological polar surface area (TPSA) is 84.4 Å². The molecule has 144 valence electrons. The number of hydrogen-bond acceptors (Lipinski definition) is 5.